The summed E-state index contributed by atoms with van der Waals surface area (Å²) < 4.78 is 20.2. The van der Waals surface area contributed by atoms with Crippen LogP contribution >= 0.6 is 11.3 Å². The Morgan fingerprint density at radius 2 is 1.84 bits per heavy atom. The summed E-state index contributed by atoms with van der Waals surface area (Å²) in [7, 11) is 0. The van der Waals surface area contributed by atoms with Gasteiger partial charge in [0.15, 0.2) is 5.13 Å². The predicted octanol–water partition coefficient (Wildman–Crippen LogP) is 5.93. The van der Waals surface area contributed by atoms with Crippen LogP contribution in [0.4, 0.5) is 9.52 Å². The van der Waals surface area contributed by atoms with E-state index in [1.54, 1.807) is 11.0 Å². The van der Waals surface area contributed by atoms with E-state index in [-0.39, 0.29) is 17.8 Å². The highest BCUT2D eigenvalue weighted by molar-refractivity contribution is 7.22. The summed E-state index contributed by atoms with van der Waals surface area (Å²) in [5.74, 6) is -0.439. The van der Waals surface area contributed by atoms with Crippen LogP contribution in [0.5, 0.6) is 0 Å². The number of ether oxygens (including phenoxy) is 1. The maximum absolute atomic E-state index is 13.7. The first kappa shape index (κ1) is 19.8. The Morgan fingerprint density at radius 3 is 2.58 bits per heavy atom. The molecule has 5 rings (SSSR count). The number of thiazole rings is 1. The van der Waals surface area contributed by atoms with Crippen molar-refractivity contribution in [2.45, 2.75) is 18.9 Å². The first-order valence-corrected chi connectivity index (χ1v) is 11.1. The van der Waals surface area contributed by atoms with Gasteiger partial charge in [-0.1, -0.05) is 53.8 Å². The second-order valence-corrected chi connectivity index (χ2v) is 8.61. The molecule has 3 aromatic carbocycles. The van der Waals surface area contributed by atoms with Crippen LogP contribution in [0.3, 0.4) is 0 Å². The van der Waals surface area contributed by atoms with Crippen molar-refractivity contribution in [3.8, 4) is 11.1 Å². The van der Waals surface area contributed by atoms with Gasteiger partial charge in [0.05, 0.1) is 22.9 Å². The maximum Gasteiger partial charge on any atom is 0.260 e. The molecule has 1 aromatic heterocycles. The van der Waals surface area contributed by atoms with Gasteiger partial charge in [0.1, 0.15) is 5.82 Å². The molecule has 156 valence electrons. The Kier molecular flexibility index (Phi) is 5.49. The van der Waals surface area contributed by atoms with Crippen LogP contribution in [0.15, 0.2) is 72.8 Å². The minimum atomic E-state index is -0.309. The lowest BCUT2D eigenvalue weighted by Gasteiger charge is -2.23. The minimum absolute atomic E-state index is 0.0173. The van der Waals surface area contributed by atoms with E-state index >= 15 is 0 Å². The first-order valence-electron chi connectivity index (χ1n) is 10.3. The number of anilines is 1. The molecule has 2 heterocycles. The molecule has 31 heavy (non-hydrogen) atoms. The average Bonchev–Trinajstić information content (AvgIpc) is 3.47. The lowest BCUT2D eigenvalue weighted by Crippen LogP contribution is -2.37. The quantitative estimate of drug-likeness (QED) is 0.393. The van der Waals surface area contributed by atoms with Crippen LogP contribution in [0, 0.1) is 5.82 Å². The maximum atomic E-state index is 13.7. The van der Waals surface area contributed by atoms with Crippen LogP contribution < -0.4 is 4.90 Å². The van der Waals surface area contributed by atoms with Crippen molar-refractivity contribution in [3.63, 3.8) is 0 Å². The Bertz CT molecular complexity index is 1200. The standard InChI is InChI=1S/C25H21FN2O2S/c26-20-12-13-22-23(15-20)31-25(27-22)28(16-21-7-4-14-30-21)24(29)19-10-8-18(9-11-19)17-5-2-1-3-6-17/h1-3,5-6,8-13,15,21H,4,7,14,16H2. The smallest absolute Gasteiger partial charge is 0.260 e. The summed E-state index contributed by atoms with van der Waals surface area (Å²) in [6.45, 7) is 1.14. The summed E-state index contributed by atoms with van der Waals surface area (Å²) in [5, 5.41) is 0.563. The van der Waals surface area contributed by atoms with E-state index in [1.807, 2.05) is 54.6 Å². The number of aromatic nitrogens is 1. The second-order valence-electron chi connectivity index (χ2n) is 7.60. The van der Waals surface area contributed by atoms with Crippen molar-refractivity contribution in [2.75, 3.05) is 18.1 Å². The number of rotatable bonds is 5. The van der Waals surface area contributed by atoms with Gasteiger partial charge in [-0.05, 0) is 54.3 Å². The van der Waals surface area contributed by atoms with Crippen molar-refractivity contribution < 1.29 is 13.9 Å². The van der Waals surface area contributed by atoms with Gasteiger partial charge in [-0.2, -0.15) is 0 Å². The van der Waals surface area contributed by atoms with Gasteiger partial charge in [-0.15, -0.1) is 0 Å². The SMILES string of the molecule is O=C(c1ccc(-c2ccccc2)cc1)N(CC1CCCO1)c1nc2ccc(F)cc2s1. The van der Waals surface area contributed by atoms with Gasteiger partial charge >= 0.3 is 0 Å². The molecule has 0 saturated carbocycles. The summed E-state index contributed by atoms with van der Waals surface area (Å²) in [4.78, 5) is 19.8. The summed E-state index contributed by atoms with van der Waals surface area (Å²) >= 11 is 1.32. The highest BCUT2D eigenvalue weighted by Crippen LogP contribution is 2.31. The Hall–Kier alpha value is -3.09. The highest BCUT2D eigenvalue weighted by Gasteiger charge is 2.27. The average molecular weight is 433 g/mol. The van der Waals surface area contributed by atoms with Crippen LogP contribution in [0.1, 0.15) is 23.2 Å². The molecule has 1 atom stereocenters. The summed E-state index contributed by atoms with van der Waals surface area (Å²) in [5.41, 5.74) is 3.43. The molecule has 6 heteroatoms. The third-order valence-corrected chi connectivity index (χ3v) is 6.51. The van der Waals surface area contributed by atoms with E-state index in [0.717, 1.165) is 28.7 Å². The molecule has 1 fully saturated rings. The van der Waals surface area contributed by atoms with Crippen LogP contribution in [0.2, 0.25) is 0 Å². The molecule has 0 aliphatic carbocycles. The molecule has 0 spiro atoms. The van der Waals surface area contributed by atoms with Crippen LogP contribution in [-0.4, -0.2) is 30.1 Å². The number of halogens is 1. The van der Waals surface area contributed by atoms with Gasteiger partial charge in [0.25, 0.3) is 5.91 Å². The van der Waals surface area contributed by atoms with E-state index in [4.69, 9.17) is 4.74 Å². The molecular weight excluding hydrogens is 411 g/mol. The zero-order valence-corrected chi connectivity index (χ0v) is 17.6. The molecule has 1 aliphatic heterocycles. The van der Waals surface area contributed by atoms with Gasteiger partial charge in [-0.3, -0.25) is 9.69 Å². The van der Waals surface area contributed by atoms with Gasteiger partial charge in [0.2, 0.25) is 0 Å². The molecule has 0 bridgehead atoms. The van der Waals surface area contributed by atoms with Crippen molar-refractivity contribution in [1.29, 1.82) is 0 Å². The normalized spacial score (nSPS) is 16.0. The number of hydrogen-bond donors (Lipinski definition) is 0. The lowest BCUT2D eigenvalue weighted by atomic mass is 10.0. The number of fused-ring (bicyclic) bond motifs is 1. The molecule has 1 amide bonds. The number of amides is 1. The predicted molar refractivity (Wildman–Crippen MR) is 122 cm³/mol. The number of benzene rings is 3. The van der Waals surface area contributed by atoms with Crippen LogP contribution in [0.25, 0.3) is 21.3 Å². The van der Waals surface area contributed by atoms with Gasteiger partial charge in [-0.25, -0.2) is 9.37 Å². The number of nitrogens with zero attached hydrogens (tertiary/aromatic N) is 2. The van der Waals surface area contributed by atoms with E-state index in [2.05, 4.69) is 4.98 Å². The fourth-order valence-corrected chi connectivity index (χ4v) is 4.83. The molecule has 1 unspecified atom stereocenters. The second kappa shape index (κ2) is 8.57. The van der Waals surface area contributed by atoms with Crippen molar-refractivity contribution >= 4 is 32.6 Å². The zero-order chi connectivity index (χ0) is 21.2. The van der Waals surface area contributed by atoms with Crippen LogP contribution in [-0.2, 0) is 4.74 Å². The molecular formula is C25H21FN2O2S. The third kappa shape index (κ3) is 4.22. The topological polar surface area (TPSA) is 42.4 Å². The molecule has 4 nitrogen and oxygen atoms in total. The van der Waals surface area contributed by atoms with E-state index in [0.29, 0.717) is 29.4 Å². The third-order valence-electron chi connectivity index (χ3n) is 5.46. The number of carbonyl (C=O) groups excluding carboxylic acids is 1. The summed E-state index contributed by atoms with van der Waals surface area (Å²) in [6.07, 6.45) is 1.89. The Morgan fingerprint density at radius 1 is 1.06 bits per heavy atom. The van der Waals surface area contributed by atoms with E-state index in [1.165, 1.54) is 23.5 Å². The summed E-state index contributed by atoms with van der Waals surface area (Å²) in [6, 6.07) is 22.2. The van der Waals surface area contributed by atoms with Crippen molar-refractivity contribution in [2.24, 2.45) is 0 Å². The monoisotopic (exact) mass is 432 g/mol. The van der Waals surface area contributed by atoms with Crippen molar-refractivity contribution in [3.05, 3.63) is 84.2 Å². The van der Waals surface area contributed by atoms with E-state index in [9.17, 15) is 9.18 Å². The number of hydrogen-bond acceptors (Lipinski definition) is 4. The number of carbonyl (C=O) groups is 1. The lowest BCUT2D eigenvalue weighted by molar-refractivity contribution is 0.0917. The van der Waals surface area contributed by atoms with Gasteiger partial charge in [0, 0.05) is 12.2 Å². The highest BCUT2D eigenvalue weighted by atomic mass is 32.1. The fraction of sp³-hybridized carbons (Fsp3) is 0.200. The van der Waals surface area contributed by atoms with Crippen molar-refractivity contribution in [1.82, 2.24) is 4.98 Å². The molecule has 1 aliphatic rings. The largest absolute Gasteiger partial charge is 0.376 e. The molecule has 0 radical (unpaired) electrons. The van der Waals surface area contributed by atoms with E-state index < -0.39 is 0 Å². The molecule has 0 N–H and O–H groups in total. The first-order chi connectivity index (χ1) is 15.2. The Balaban J connectivity index is 1.47. The van der Waals surface area contributed by atoms with Gasteiger partial charge < -0.3 is 4.74 Å². The zero-order valence-electron chi connectivity index (χ0n) is 16.8. The fourth-order valence-electron chi connectivity index (χ4n) is 3.83. The Labute approximate surface area is 183 Å². The minimum Gasteiger partial charge on any atom is -0.376 e. The molecule has 4 aromatic rings. The molecule has 1 saturated heterocycles.